The minimum Gasteiger partial charge on any atom is -0.366 e. The van der Waals surface area contributed by atoms with E-state index in [9.17, 15) is 9.59 Å². The molecule has 2 amide bonds. The fourth-order valence-corrected chi connectivity index (χ4v) is 3.92. The van der Waals surface area contributed by atoms with Crippen LogP contribution in [0.1, 0.15) is 52.0 Å². The number of benzene rings is 2. The highest BCUT2D eigenvalue weighted by molar-refractivity contribution is 5.96. The standard InChI is InChI=1S/C24H25N5O2/c1-15-19(7-4-8-20(15)22(25)30)21-13-14-26-24(29-21)28-18-11-9-16(10-12-18)23(31)27-17-5-2-3-6-17/h4,7-14,17H,2-3,5-6H2,1H3,(H2,25,30)(H,27,31)(H,26,28,29). The van der Waals surface area contributed by atoms with Crippen molar-refractivity contribution in [2.45, 2.75) is 38.6 Å². The fraction of sp³-hybridized carbons (Fsp3) is 0.250. The number of carbonyl (C=O) groups is 2. The fourth-order valence-electron chi connectivity index (χ4n) is 3.92. The zero-order chi connectivity index (χ0) is 21.8. The van der Waals surface area contributed by atoms with Gasteiger partial charge in [0.05, 0.1) is 5.69 Å². The Morgan fingerprint density at radius 1 is 1.03 bits per heavy atom. The van der Waals surface area contributed by atoms with Crippen molar-refractivity contribution in [3.63, 3.8) is 0 Å². The maximum absolute atomic E-state index is 12.4. The molecule has 0 spiro atoms. The third-order valence-electron chi connectivity index (χ3n) is 5.62. The molecular formula is C24H25N5O2. The molecule has 1 fully saturated rings. The smallest absolute Gasteiger partial charge is 0.251 e. The van der Waals surface area contributed by atoms with Gasteiger partial charge < -0.3 is 16.4 Å². The molecule has 31 heavy (non-hydrogen) atoms. The summed E-state index contributed by atoms with van der Waals surface area (Å²) >= 11 is 0. The summed E-state index contributed by atoms with van der Waals surface area (Å²) in [6, 6.07) is 14.7. The van der Waals surface area contributed by atoms with E-state index in [1.807, 2.05) is 25.1 Å². The molecule has 0 aliphatic heterocycles. The number of nitrogens with zero attached hydrogens (tertiary/aromatic N) is 2. The van der Waals surface area contributed by atoms with E-state index in [0.29, 0.717) is 22.8 Å². The molecule has 0 unspecified atom stereocenters. The van der Waals surface area contributed by atoms with Crippen LogP contribution in [-0.2, 0) is 0 Å². The Bertz CT molecular complexity index is 1110. The largest absolute Gasteiger partial charge is 0.366 e. The number of rotatable bonds is 6. The molecule has 2 aromatic carbocycles. The lowest BCUT2D eigenvalue weighted by Crippen LogP contribution is -2.32. The van der Waals surface area contributed by atoms with Crippen molar-refractivity contribution in [1.82, 2.24) is 15.3 Å². The molecule has 1 heterocycles. The van der Waals surface area contributed by atoms with Gasteiger partial charge in [-0.2, -0.15) is 0 Å². The van der Waals surface area contributed by atoms with Crippen molar-refractivity contribution in [2.24, 2.45) is 5.73 Å². The van der Waals surface area contributed by atoms with E-state index in [-0.39, 0.29) is 11.9 Å². The molecule has 158 valence electrons. The van der Waals surface area contributed by atoms with Gasteiger partial charge in [0.1, 0.15) is 0 Å². The Morgan fingerprint density at radius 2 is 1.77 bits per heavy atom. The van der Waals surface area contributed by atoms with Gasteiger partial charge in [0.25, 0.3) is 5.91 Å². The number of primary amides is 1. The number of hydrogen-bond acceptors (Lipinski definition) is 5. The Hall–Kier alpha value is -3.74. The van der Waals surface area contributed by atoms with Gasteiger partial charge in [-0.3, -0.25) is 9.59 Å². The predicted octanol–water partition coefficient (Wildman–Crippen LogP) is 3.97. The second kappa shape index (κ2) is 8.95. The lowest BCUT2D eigenvalue weighted by molar-refractivity contribution is 0.0936. The summed E-state index contributed by atoms with van der Waals surface area (Å²) in [6.07, 6.45) is 6.13. The van der Waals surface area contributed by atoms with Crippen molar-refractivity contribution in [3.8, 4) is 11.3 Å². The highest BCUT2D eigenvalue weighted by Gasteiger charge is 2.18. The van der Waals surface area contributed by atoms with E-state index in [2.05, 4.69) is 20.6 Å². The second-order valence-electron chi connectivity index (χ2n) is 7.77. The summed E-state index contributed by atoms with van der Waals surface area (Å²) in [5, 5.41) is 6.26. The van der Waals surface area contributed by atoms with Crippen LogP contribution in [0.2, 0.25) is 0 Å². The van der Waals surface area contributed by atoms with Crippen LogP contribution in [0.5, 0.6) is 0 Å². The van der Waals surface area contributed by atoms with Crippen LogP contribution < -0.4 is 16.4 Å². The van der Waals surface area contributed by atoms with Crippen LogP contribution in [0.15, 0.2) is 54.7 Å². The van der Waals surface area contributed by atoms with Gasteiger partial charge in [-0.15, -0.1) is 0 Å². The maximum Gasteiger partial charge on any atom is 0.251 e. The molecule has 1 aliphatic rings. The molecule has 1 saturated carbocycles. The number of amides is 2. The Morgan fingerprint density at radius 3 is 2.48 bits per heavy atom. The van der Waals surface area contributed by atoms with E-state index in [1.165, 1.54) is 12.8 Å². The molecule has 4 N–H and O–H groups in total. The van der Waals surface area contributed by atoms with Crippen LogP contribution >= 0.6 is 0 Å². The summed E-state index contributed by atoms with van der Waals surface area (Å²) < 4.78 is 0. The van der Waals surface area contributed by atoms with Crippen LogP contribution in [0.25, 0.3) is 11.3 Å². The third kappa shape index (κ3) is 4.71. The number of aromatic nitrogens is 2. The van der Waals surface area contributed by atoms with Gasteiger partial charge in [0.15, 0.2) is 0 Å². The third-order valence-corrected chi connectivity index (χ3v) is 5.62. The topological polar surface area (TPSA) is 110 Å². The van der Waals surface area contributed by atoms with Crippen molar-refractivity contribution in [2.75, 3.05) is 5.32 Å². The first-order valence-corrected chi connectivity index (χ1v) is 10.4. The van der Waals surface area contributed by atoms with E-state index in [1.54, 1.807) is 36.5 Å². The summed E-state index contributed by atoms with van der Waals surface area (Å²) in [4.78, 5) is 32.9. The molecule has 7 nitrogen and oxygen atoms in total. The number of nitrogens with one attached hydrogen (secondary N) is 2. The Labute approximate surface area is 181 Å². The minimum absolute atomic E-state index is 0.0403. The monoisotopic (exact) mass is 415 g/mol. The van der Waals surface area contributed by atoms with Crippen molar-refractivity contribution in [1.29, 1.82) is 0 Å². The first-order chi connectivity index (χ1) is 15.0. The van der Waals surface area contributed by atoms with Crippen molar-refractivity contribution < 1.29 is 9.59 Å². The number of carbonyl (C=O) groups excluding carboxylic acids is 2. The van der Waals surface area contributed by atoms with Crippen LogP contribution in [0.3, 0.4) is 0 Å². The number of nitrogens with two attached hydrogens (primary N) is 1. The van der Waals surface area contributed by atoms with Crippen LogP contribution in [0.4, 0.5) is 11.6 Å². The highest BCUT2D eigenvalue weighted by atomic mass is 16.2. The second-order valence-corrected chi connectivity index (χ2v) is 7.77. The average molecular weight is 415 g/mol. The van der Waals surface area contributed by atoms with E-state index in [0.717, 1.165) is 29.7 Å². The summed E-state index contributed by atoms with van der Waals surface area (Å²) in [5.41, 5.74) is 9.62. The molecule has 0 atom stereocenters. The number of hydrogen-bond donors (Lipinski definition) is 3. The van der Waals surface area contributed by atoms with Gasteiger partial charge in [-0.25, -0.2) is 9.97 Å². The number of anilines is 2. The zero-order valence-corrected chi connectivity index (χ0v) is 17.4. The van der Waals surface area contributed by atoms with Gasteiger partial charge in [0, 0.05) is 34.6 Å². The average Bonchev–Trinajstić information content (AvgIpc) is 3.27. The van der Waals surface area contributed by atoms with E-state index >= 15 is 0 Å². The lowest BCUT2D eigenvalue weighted by atomic mass is 9.99. The van der Waals surface area contributed by atoms with Crippen LogP contribution in [0, 0.1) is 6.92 Å². The van der Waals surface area contributed by atoms with E-state index in [4.69, 9.17) is 5.73 Å². The maximum atomic E-state index is 12.4. The summed E-state index contributed by atoms with van der Waals surface area (Å²) in [6.45, 7) is 1.85. The van der Waals surface area contributed by atoms with Crippen molar-refractivity contribution in [3.05, 3.63) is 71.4 Å². The van der Waals surface area contributed by atoms with Gasteiger partial charge in [-0.05, 0) is 61.7 Å². The van der Waals surface area contributed by atoms with Crippen molar-refractivity contribution >= 4 is 23.5 Å². The van der Waals surface area contributed by atoms with Gasteiger partial charge in [0.2, 0.25) is 11.9 Å². The van der Waals surface area contributed by atoms with Gasteiger partial charge >= 0.3 is 0 Å². The Kier molecular flexibility index (Phi) is 5.93. The minimum atomic E-state index is -0.469. The molecule has 7 heteroatoms. The first-order valence-electron chi connectivity index (χ1n) is 10.4. The molecule has 1 aliphatic carbocycles. The molecule has 1 aromatic heterocycles. The van der Waals surface area contributed by atoms with E-state index < -0.39 is 5.91 Å². The Balaban J connectivity index is 1.49. The quantitative estimate of drug-likeness (QED) is 0.564. The summed E-state index contributed by atoms with van der Waals surface area (Å²) in [7, 11) is 0. The first kappa shape index (κ1) is 20.5. The molecule has 0 saturated heterocycles. The highest BCUT2D eigenvalue weighted by Crippen LogP contribution is 2.25. The molecule has 3 aromatic rings. The SMILES string of the molecule is Cc1c(C(N)=O)cccc1-c1ccnc(Nc2ccc(C(=O)NC3CCCC3)cc2)n1. The normalized spacial score (nSPS) is 13.7. The predicted molar refractivity (Wildman–Crippen MR) is 120 cm³/mol. The molecular weight excluding hydrogens is 390 g/mol. The molecule has 0 radical (unpaired) electrons. The van der Waals surface area contributed by atoms with Gasteiger partial charge in [-0.1, -0.05) is 25.0 Å². The zero-order valence-electron chi connectivity index (χ0n) is 17.4. The summed E-state index contributed by atoms with van der Waals surface area (Å²) in [5.74, 6) is -0.0881. The van der Waals surface area contributed by atoms with Crippen LogP contribution in [-0.4, -0.2) is 27.8 Å². The molecule has 0 bridgehead atoms. The lowest BCUT2D eigenvalue weighted by Gasteiger charge is -2.12. The molecule has 4 rings (SSSR count).